The van der Waals surface area contributed by atoms with Crippen LogP contribution >= 0.6 is 0 Å². The largest absolute Gasteiger partial charge is 0.390 e. The predicted molar refractivity (Wildman–Crippen MR) is 177 cm³/mol. The Morgan fingerprint density at radius 2 is 1.37 bits per heavy atom. The molecule has 2 unspecified atom stereocenters. The van der Waals surface area contributed by atoms with Gasteiger partial charge in [-0.2, -0.15) is 4.91 Å². The molecule has 2 aromatic heterocycles. The molecule has 5 aromatic rings. The summed E-state index contributed by atoms with van der Waals surface area (Å²) in [5, 5.41) is 18.5. The Labute approximate surface area is 253 Å². The molecule has 0 radical (unpaired) electrons. The minimum Gasteiger partial charge on any atom is -0.390 e. The van der Waals surface area contributed by atoms with Crippen molar-refractivity contribution in [2.75, 3.05) is 39.3 Å². The van der Waals surface area contributed by atoms with Crippen LogP contribution in [0, 0.1) is 18.8 Å². The molecule has 1 N–H and O–H groups in total. The minimum atomic E-state index is -0.440. The number of aliphatic hydroxyl groups excluding tert-OH is 1. The van der Waals surface area contributed by atoms with Gasteiger partial charge >= 0.3 is 0 Å². The molecule has 0 saturated carbocycles. The van der Waals surface area contributed by atoms with E-state index >= 15 is 0 Å². The van der Waals surface area contributed by atoms with Crippen molar-refractivity contribution in [3.05, 3.63) is 94.0 Å². The number of piperazine rings is 1. The van der Waals surface area contributed by atoms with Gasteiger partial charge in [0.05, 0.1) is 19.2 Å². The molecule has 7 nitrogen and oxygen atoms in total. The second kappa shape index (κ2) is 11.7. The van der Waals surface area contributed by atoms with Gasteiger partial charge in [-0.1, -0.05) is 58.8 Å². The number of allylic oxidation sites excluding steroid dienone is 1. The van der Waals surface area contributed by atoms with E-state index in [0.717, 1.165) is 50.1 Å². The number of hydrogen-bond acceptors (Lipinski definition) is 5. The lowest BCUT2D eigenvalue weighted by atomic mass is 10.0. The standard InChI is InChI=1S/C36H41N5O2/c1-25-11-13-35-31(19-25)32-20-26(2)12-14-36(32)40(35)22-27(37-43)21-38-15-17-39(18-16-38)23-28(42)24-41-33-9-5-3-7-29(33)30-8-4-6-10-34(30)41/h3-5,7-9,11-14,19-20,27-28,42H,6,10,15-18,21-24H2,1-2H3. The third kappa shape index (κ3) is 5.42. The maximum Gasteiger partial charge on any atom is 0.122 e. The molecule has 0 amide bonds. The highest BCUT2D eigenvalue weighted by Crippen LogP contribution is 2.32. The number of fused-ring (bicyclic) bond motifs is 6. The third-order valence-corrected chi connectivity index (χ3v) is 9.47. The normalized spacial score (nSPS) is 17.6. The quantitative estimate of drug-likeness (QED) is 0.215. The average molecular weight is 576 g/mol. The van der Waals surface area contributed by atoms with E-state index in [1.807, 2.05) is 0 Å². The topological polar surface area (TPSA) is 66.0 Å². The Morgan fingerprint density at radius 3 is 2.05 bits per heavy atom. The number of aromatic nitrogens is 2. The number of aliphatic hydroxyl groups is 1. The fraction of sp³-hybridized carbons (Fsp3) is 0.389. The molecular formula is C36H41N5O2. The van der Waals surface area contributed by atoms with Gasteiger partial charge in [0.15, 0.2) is 0 Å². The highest BCUT2D eigenvalue weighted by atomic mass is 16.3. The van der Waals surface area contributed by atoms with E-state index in [1.54, 1.807) is 0 Å². The molecular weight excluding hydrogens is 534 g/mol. The van der Waals surface area contributed by atoms with Gasteiger partial charge in [-0.3, -0.25) is 9.80 Å². The van der Waals surface area contributed by atoms with Gasteiger partial charge in [-0.15, -0.1) is 0 Å². The SMILES string of the molecule is Cc1ccc2c(c1)c1cc(C)ccc1n2CC(CN1CCN(CC(O)Cn2c3c(c4ccccc42)C=CCC3)CC1)N=O. The van der Waals surface area contributed by atoms with Gasteiger partial charge < -0.3 is 14.2 Å². The molecule has 1 saturated heterocycles. The number of nitrogens with zero attached hydrogens (tertiary/aromatic N) is 5. The van der Waals surface area contributed by atoms with Crippen LogP contribution in [-0.4, -0.2) is 75.5 Å². The third-order valence-electron chi connectivity index (χ3n) is 9.47. The fourth-order valence-electron chi connectivity index (χ4n) is 7.35. The Morgan fingerprint density at radius 1 is 0.744 bits per heavy atom. The molecule has 222 valence electrons. The number of aryl methyl sites for hydroxylation is 2. The van der Waals surface area contributed by atoms with Crippen LogP contribution in [-0.2, 0) is 19.5 Å². The summed E-state index contributed by atoms with van der Waals surface area (Å²) in [6.45, 7) is 10.2. The molecule has 3 aromatic carbocycles. The number of nitroso groups, excluding NO2 is 1. The Kier molecular flexibility index (Phi) is 7.63. The van der Waals surface area contributed by atoms with Crippen molar-refractivity contribution < 1.29 is 5.11 Å². The number of rotatable bonds is 9. The van der Waals surface area contributed by atoms with Gasteiger partial charge in [0.2, 0.25) is 0 Å². The first kappa shape index (κ1) is 28.0. The zero-order valence-corrected chi connectivity index (χ0v) is 25.2. The van der Waals surface area contributed by atoms with Crippen molar-refractivity contribution in [3.8, 4) is 0 Å². The zero-order chi connectivity index (χ0) is 29.5. The molecule has 3 heterocycles. The predicted octanol–water partition coefficient (Wildman–Crippen LogP) is 6.14. The lowest BCUT2D eigenvalue weighted by Gasteiger charge is -2.36. The fourth-order valence-corrected chi connectivity index (χ4v) is 7.35. The number of benzene rings is 3. The van der Waals surface area contributed by atoms with Crippen molar-refractivity contribution in [2.24, 2.45) is 5.18 Å². The summed E-state index contributed by atoms with van der Waals surface area (Å²) in [6.07, 6.45) is 6.13. The molecule has 2 atom stereocenters. The molecule has 0 bridgehead atoms. The maximum absolute atomic E-state index is 12.1. The van der Waals surface area contributed by atoms with E-state index in [1.165, 1.54) is 44.1 Å². The van der Waals surface area contributed by atoms with Crippen LogP contribution in [0.3, 0.4) is 0 Å². The van der Waals surface area contributed by atoms with E-state index in [2.05, 4.69) is 111 Å². The maximum atomic E-state index is 12.1. The molecule has 43 heavy (non-hydrogen) atoms. The van der Waals surface area contributed by atoms with Gasteiger partial charge in [0.1, 0.15) is 6.04 Å². The average Bonchev–Trinajstić information content (AvgIpc) is 3.49. The number of hydrogen-bond donors (Lipinski definition) is 1. The Bertz CT molecular complexity index is 1770. The van der Waals surface area contributed by atoms with E-state index in [0.29, 0.717) is 26.2 Å². The summed E-state index contributed by atoms with van der Waals surface area (Å²) >= 11 is 0. The Hall–Kier alpha value is -3.78. The lowest BCUT2D eigenvalue weighted by Crippen LogP contribution is -2.50. The summed E-state index contributed by atoms with van der Waals surface area (Å²) in [5.74, 6) is 0. The summed E-state index contributed by atoms with van der Waals surface area (Å²) in [4.78, 5) is 16.8. The first-order valence-electron chi connectivity index (χ1n) is 15.7. The summed E-state index contributed by atoms with van der Waals surface area (Å²) < 4.78 is 4.62. The molecule has 2 aliphatic rings. The molecule has 7 rings (SSSR count). The molecule has 7 heteroatoms. The van der Waals surface area contributed by atoms with Crippen LogP contribution in [0.5, 0.6) is 0 Å². The van der Waals surface area contributed by atoms with Gasteiger partial charge in [0, 0.05) is 83.2 Å². The van der Waals surface area contributed by atoms with Crippen molar-refractivity contribution in [1.82, 2.24) is 18.9 Å². The second-order valence-electron chi connectivity index (χ2n) is 12.6. The van der Waals surface area contributed by atoms with Gasteiger partial charge in [0.25, 0.3) is 0 Å². The van der Waals surface area contributed by atoms with E-state index in [4.69, 9.17) is 0 Å². The smallest absolute Gasteiger partial charge is 0.122 e. The van der Waals surface area contributed by atoms with Crippen LogP contribution in [0.25, 0.3) is 38.8 Å². The Balaban J connectivity index is 0.986. The minimum absolute atomic E-state index is 0.333. The first-order valence-corrected chi connectivity index (χ1v) is 15.7. The van der Waals surface area contributed by atoms with Crippen molar-refractivity contribution >= 4 is 38.8 Å². The van der Waals surface area contributed by atoms with Crippen molar-refractivity contribution in [2.45, 2.75) is 51.9 Å². The molecule has 1 aliphatic heterocycles. The van der Waals surface area contributed by atoms with Crippen molar-refractivity contribution in [1.29, 1.82) is 0 Å². The van der Waals surface area contributed by atoms with Crippen LogP contribution in [0.4, 0.5) is 0 Å². The second-order valence-corrected chi connectivity index (χ2v) is 12.6. The summed E-state index contributed by atoms with van der Waals surface area (Å²) in [7, 11) is 0. The van der Waals surface area contributed by atoms with Crippen LogP contribution in [0.2, 0.25) is 0 Å². The highest BCUT2D eigenvalue weighted by molar-refractivity contribution is 6.08. The van der Waals surface area contributed by atoms with Gasteiger partial charge in [-0.25, -0.2) is 0 Å². The van der Waals surface area contributed by atoms with Crippen LogP contribution < -0.4 is 0 Å². The molecule has 0 spiro atoms. The lowest BCUT2D eigenvalue weighted by molar-refractivity contribution is 0.0626. The summed E-state index contributed by atoms with van der Waals surface area (Å²) in [6, 6.07) is 21.3. The van der Waals surface area contributed by atoms with Crippen molar-refractivity contribution in [3.63, 3.8) is 0 Å². The van der Waals surface area contributed by atoms with E-state index < -0.39 is 6.10 Å². The molecule has 1 aliphatic carbocycles. The monoisotopic (exact) mass is 575 g/mol. The van der Waals surface area contributed by atoms with E-state index in [9.17, 15) is 10.0 Å². The number of β-amino-alcohol motifs (C(OH)–C–C–N with tert-alkyl or cyclic N) is 1. The van der Waals surface area contributed by atoms with Gasteiger partial charge in [-0.05, 0) is 57.0 Å². The first-order chi connectivity index (χ1) is 21.0. The number of para-hydroxylation sites is 1. The highest BCUT2D eigenvalue weighted by Gasteiger charge is 2.25. The molecule has 1 fully saturated rings. The van der Waals surface area contributed by atoms with Crippen LogP contribution in [0.1, 0.15) is 28.8 Å². The zero-order valence-electron chi connectivity index (χ0n) is 25.2. The van der Waals surface area contributed by atoms with Crippen LogP contribution in [0.15, 0.2) is 71.9 Å². The summed E-state index contributed by atoms with van der Waals surface area (Å²) in [5.41, 5.74) is 8.65. The van der Waals surface area contributed by atoms with E-state index in [-0.39, 0.29) is 6.04 Å².